The number of methoxy groups -OCH3 is 1. The van der Waals surface area contributed by atoms with E-state index in [9.17, 15) is 4.79 Å². The lowest BCUT2D eigenvalue weighted by atomic mass is 10.1. The maximum absolute atomic E-state index is 12.0. The molecule has 0 unspecified atom stereocenters. The van der Waals surface area contributed by atoms with Crippen LogP contribution in [0.3, 0.4) is 0 Å². The van der Waals surface area contributed by atoms with E-state index in [1.807, 2.05) is 25.1 Å². The maximum Gasteiger partial charge on any atom is 0.271 e. The highest BCUT2D eigenvalue weighted by molar-refractivity contribution is 7.09. The number of aryl methyl sites for hydroxylation is 1. The second-order valence-electron chi connectivity index (χ2n) is 4.33. The SMILES string of the molecule is COc1cc(C)ccc1CNC(=O)c1csc(CN)n1.Cl. The highest BCUT2D eigenvalue weighted by Gasteiger charge is 2.11. The molecule has 7 heteroatoms. The lowest BCUT2D eigenvalue weighted by Crippen LogP contribution is -2.23. The Labute approximate surface area is 133 Å². The molecule has 0 atom stereocenters. The van der Waals surface area contributed by atoms with E-state index in [-0.39, 0.29) is 18.3 Å². The fourth-order valence-corrected chi connectivity index (χ4v) is 2.43. The summed E-state index contributed by atoms with van der Waals surface area (Å²) in [5.41, 5.74) is 7.93. The number of amides is 1. The minimum Gasteiger partial charge on any atom is -0.496 e. The third-order valence-corrected chi connectivity index (χ3v) is 3.71. The Morgan fingerprint density at radius 3 is 2.86 bits per heavy atom. The molecule has 0 aliphatic heterocycles. The fourth-order valence-electron chi connectivity index (χ4n) is 1.77. The van der Waals surface area contributed by atoms with E-state index in [1.165, 1.54) is 11.3 Å². The van der Waals surface area contributed by atoms with Gasteiger partial charge in [-0.05, 0) is 18.6 Å². The molecule has 114 valence electrons. The number of carbonyl (C=O) groups is 1. The molecule has 0 aliphatic carbocycles. The predicted octanol–water partition coefficient (Wildman–Crippen LogP) is 2.27. The van der Waals surface area contributed by atoms with Gasteiger partial charge in [0.15, 0.2) is 0 Å². The van der Waals surface area contributed by atoms with Gasteiger partial charge in [0.1, 0.15) is 16.5 Å². The third kappa shape index (κ3) is 4.42. The first-order chi connectivity index (χ1) is 9.63. The van der Waals surface area contributed by atoms with Gasteiger partial charge < -0.3 is 15.8 Å². The van der Waals surface area contributed by atoms with Gasteiger partial charge in [-0.2, -0.15) is 0 Å². The second-order valence-corrected chi connectivity index (χ2v) is 5.27. The number of nitrogens with two attached hydrogens (primary N) is 1. The first kappa shape index (κ1) is 17.4. The van der Waals surface area contributed by atoms with Crippen molar-refractivity contribution in [3.05, 3.63) is 45.4 Å². The highest BCUT2D eigenvalue weighted by Crippen LogP contribution is 2.19. The Balaban J connectivity index is 0.00000220. The molecule has 0 radical (unpaired) electrons. The average Bonchev–Trinajstić information content (AvgIpc) is 2.94. The molecule has 1 heterocycles. The van der Waals surface area contributed by atoms with Crippen LogP contribution in [0.1, 0.15) is 26.6 Å². The fraction of sp³-hybridized carbons (Fsp3) is 0.286. The van der Waals surface area contributed by atoms with E-state index in [2.05, 4.69) is 10.3 Å². The van der Waals surface area contributed by atoms with E-state index in [1.54, 1.807) is 12.5 Å². The van der Waals surface area contributed by atoms with Crippen LogP contribution in [-0.4, -0.2) is 18.0 Å². The normalized spacial score (nSPS) is 9.86. The minimum atomic E-state index is -0.205. The van der Waals surface area contributed by atoms with Crippen molar-refractivity contribution in [1.29, 1.82) is 0 Å². The molecule has 1 aromatic heterocycles. The van der Waals surface area contributed by atoms with Gasteiger partial charge >= 0.3 is 0 Å². The first-order valence-electron chi connectivity index (χ1n) is 6.20. The molecular weight excluding hydrogens is 310 g/mol. The van der Waals surface area contributed by atoms with E-state index in [0.29, 0.717) is 18.8 Å². The number of thiazole rings is 1. The summed E-state index contributed by atoms with van der Waals surface area (Å²) in [7, 11) is 1.62. The van der Waals surface area contributed by atoms with Gasteiger partial charge in [-0.25, -0.2) is 4.98 Å². The number of ether oxygens (including phenoxy) is 1. The predicted molar refractivity (Wildman–Crippen MR) is 86.2 cm³/mol. The number of rotatable bonds is 5. The van der Waals surface area contributed by atoms with E-state index < -0.39 is 0 Å². The molecule has 2 aromatic rings. The average molecular weight is 328 g/mol. The molecule has 0 spiro atoms. The summed E-state index contributed by atoms with van der Waals surface area (Å²) in [6.45, 7) is 2.75. The number of nitrogens with one attached hydrogen (secondary N) is 1. The van der Waals surface area contributed by atoms with Crippen LogP contribution in [0.4, 0.5) is 0 Å². The molecule has 0 aliphatic rings. The van der Waals surface area contributed by atoms with Crippen molar-refractivity contribution in [1.82, 2.24) is 10.3 Å². The summed E-state index contributed by atoms with van der Waals surface area (Å²) >= 11 is 1.39. The molecular formula is C14H18ClN3O2S. The van der Waals surface area contributed by atoms with Crippen molar-refractivity contribution < 1.29 is 9.53 Å². The lowest BCUT2D eigenvalue weighted by Gasteiger charge is -2.10. The van der Waals surface area contributed by atoms with Crippen molar-refractivity contribution in [2.45, 2.75) is 20.0 Å². The highest BCUT2D eigenvalue weighted by atomic mass is 35.5. The molecule has 0 saturated carbocycles. The monoisotopic (exact) mass is 327 g/mol. The number of benzene rings is 1. The zero-order valence-electron chi connectivity index (χ0n) is 11.9. The van der Waals surface area contributed by atoms with E-state index >= 15 is 0 Å². The molecule has 21 heavy (non-hydrogen) atoms. The number of nitrogens with zero attached hydrogens (tertiary/aromatic N) is 1. The van der Waals surface area contributed by atoms with Crippen molar-refractivity contribution in [3.63, 3.8) is 0 Å². The third-order valence-electron chi connectivity index (χ3n) is 2.84. The molecule has 2 rings (SSSR count). The number of carbonyl (C=O) groups excluding carboxylic acids is 1. The van der Waals surface area contributed by atoms with E-state index in [0.717, 1.165) is 21.9 Å². The Hall–Kier alpha value is -1.63. The van der Waals surface area contributed by atoms with Gasteiger partial charge in [0.05, 0.1) is 7.11 Å². The molecule has 0 saturated heterocycles. The van der Waals surface area contributed by atoms with Crippen LogP contribution in [0.2, 0.25) is 0 Å². The van der Waals surface area contributed by atoms with Crippen LogP contribution in [0.15, 0.2) is 23.6 Å². The van der Waals surface area contributed by atoms with Crippen LogP contribution in [0, 0.1) is 6.92 Å². The van der Waals surface area contributed by atoms with Crippen molar-refractivity contribution in [2.24, 2.45) is 5.73 Å². The quantitative estimate of drug-likeness (QED) is 0.883. The van der Waals surface area contributed by atoms with Gasteiger partial charge in [-0.15, -0.1) is 23.7 Å². The summed E-state index contributed by atoms with van der Waals surface area (Å²) in [5.74, 6) is 0.565. The Kier molecular flexibility index (Phi) is 6.61. The molecule has 1 aromatic carbocycles. The number of hydrogen-bond donors (Lipinski definition) is 2. The Morgan fingerprint density at radius 1 is 1.48 bits per heavy atom. The standard InChI is InChI=1S/C14H17N3O2S.ClH/c1-9-3-4-10(12(5-9)19-2)7-16-14(18)11-8-20-13(6-15)17-11;/h3-5,8H,6-7,15H2,1-2H3,(H,16,18);1H. The minimum absolute atomic E-state index is 0. The molecule has 1 amide bonds. The van der Waals surface area contributed by atoms with Crippen molar-refractivity contribution >= 4 is 29.7 Å². The van der Waals surface area contributed by atoms with Gasteiger partial charge in [-0.1, -0.05) is 12.1 Å². The topological polar surface area (TPSA) is 77.2 Å². The zero-order valence-corrected chi connectivity index (χ0v) is 13.5. The Morgan fingerprint density at radius 2 is 2.24 bits per heavy atom. The van der Waals surface area contributed by atoms with Gasteiger partial charge in [0.2, 0.25) is 0 Å². The molecule has 5 nitrogen and oxygen atoms in total. The van der Waals surface area contributed by atoms with Crippen molar-refractivity contribution in [3.8, 4) is 5.75 Å². The largest absolute Gasteiger partial charge is 0.496 e. The zero-order chi connectivity index (χ0) is 14.5. The lowest BCUT2D eigenvalue weighted by molar-refractivity contribution is 0.0946. The van der Waals surface area contributed by atoms with Crippen LogP contribution in [-0.2, 0) is 13.1 Å². The number of hydrogen-bond acceptors (Lipinski definition) is 5. The van der Waals surface area contributed by atoms with Crippen molar-refractivity contribution in [2.75, 3.05) is 7.11 Å². The summed E-state index contributed by atoms with van der Waals surface area (Å²) in [6.07, 6.45) is 0. The second kappa shape index (κ2) is 7.97. The molecule has 0 bridgehead atoms. The smallest absolute Gasteiger partial charge is 0.271 e. The summed E-state index contributed by atoms with van der Waals surface area (Å²) < 4.78 is 5.30. The van der Waals surface area contributed by atoms with Gasteiger partial charge in [0.25, 0.3) is 5.91 Å². The summed E-state index contributed by atoms with van der Waals surface area (Å²) in [6, 6.07) is 5.87. The van der Waals surface area contributed by atoms with Gasteiger partial charge in [0, 0.05) is 24.0 Å². The molecule has 0 fully saturated rings. The van der Waals surface area contributed by atoms with Gasteiger partial charge in [-0.3, -0.25) is 4.79 Å². The molecule has 3 N–H and O–H groups in total. The van der Waals surface area contributed by atoms with Crippen LogP contribution < -0.4 is 15.8 Å². The number of halogens is 1. The Bertz CT molecular complexity index is 616. The maximum atomic E-state index is 12.0. The summed E-state index contributed by atoms with van der Waals surface area (Å²) in [5, 5.41) is 5.30. The van der Waals surface area contributed by atoms with Crippen LogP contribution >= 0.6 is 23.7 Å². The summed E-state index contributed by atoms with van der Waals surface area (Å²) in [4.78, 5) is 16.1. The van der Waals surface area contributed by atoms with E-state index in [4.69, 9.17) is 10.5 Å². The number of aromatic nitrogens is 1. The van der Waals surface area contributed by atoms with Crippen LogP contribution in [0.25, 0.3) is 0 Å². The van der Waals surface area contributed by atoms with Crippen LogP contribution in [0.5, 0.6) is 5.75 Å². The first-order valence-corrected chi connectivity index (χ1v) is 7.08.